The zero-order valence-corrected chi connectivity index (χ0v) is 11.6. The van der Waals surface area contributed by atoms with E-state index in [1.54, 1.807) is 6.92 Å². The Bertz CT molecular complexity index is 517. The molecule has 7 nitrogen and oxygen atoms in total. The molecule has 7 heteroatoms. The van der Waals surface area contributed by atoms with Gasteiger partial charge in [0, 0.05) is 19.9 Å². The van der Waals surface area contributed by atoms with Gasteiger partial charge in [-0.05, 0) is 19.8 Å². The van der Waals surface area contributed by atoms with E-state index in [9.17, 15) is 9.59 Å². The number of hydrogen-bond acceptors (Lipinski definition) is 5. The predicted molar refractivity (Wildman–Crippen MR) is 70.8 cm³/mol. The highest BCUT2D eigenvalue weighted by atomic mass is 16.5. The van der Waals surface area contributed by atoms with Crippen molar-refractivity contribution < 1.29 is 14.3 Å². The molecule has 1 aromatic heterocycles. The quantitative estimate of drug-likeness (QED) is 0.828. The maximum absolute atomic E-state index is 12.5. The van der Waals surface area contributed by atoms with Crippen molar-refractivity contribution in [2.45, 2.75) is 25.3 Å². The lowest BCUT2D eigenvalue weighted by molar-refractivity contribution is -0.130. The molecular formula is C13H18N4O3. The number of aryl methyl sites for hydroxylation is 1. The average Bonchev–Trinajstić information content (AvgIpc) is 2.84. The van der Waals surface area contributed by atoms with Gasteiger partial charge in [-0.1, -0.05) is 0 Å². The molecule has 1 saturated heterocycles. The molecule has 2 amide bonds. The first-order valence-corrected chi connectivity index (χ1v) is 6.41. The number of likely N-dealkylation sites (tertiary alicyclic amines) is 1. The highest BCUT2D eigenvalue weighted by molar-refractivity contribution is 5.98. The van der Waals surface area contributed by atoms with Crippen molar-refractivity contribution in [2.75, 3.05) is 20.3 Å². The molecule has 1 aromatic rings. The maximum Gasteiger partial charge on any atom is 0.275 e. The molecule has 0 saturated carbocycles. The summed E-state index contributed by atoms with van der Waals surface area (Å²) in [5, 5.41) is 0. The van der Waals surface area contributed by atoms with Crippen LogP contribution in [0.2, 0.25) is 0 Å². The van der Waals surface area contributed by atoms with Gasteiger partial charge >= 0.3 is 0 Å². The molecule has 1 aliphatic heterocycles. The number of amides is 2. The van der Waals surface area contributed by atoms with Crippen LogP contribution >= 0.6 is 0 Å². The monoisotopic (exact) mass is 278 g/mol. The number of methoxy groups -OCH3 is 1. The molecule has 0 bridgehead atoms. The third-order valence-electron chi connectivity index (χ3n) is 3.58. The second kappa shape index (κ2) is 5.54. The van der Waals surface area contributed by atoms with Crippen LogP contribution in [0.3, 0.4) is 0 Å². The second-order valence-corrected chi connectivity index (χ2v) is 4.93. The first-order valence-electron chi connectivity index (χ1n) is 6.41. The van der Waals surface area contributed by atoms with Crippen molar-refractivity contribution >= 4 is 11.8 Å². The zero-order valence-electron chi connectivity index (χ0n) is 11.6. The number of nitrogens with zero attached hydrogens (tertiary/aromatic N) is 3. The summed E-state index contributed by atoms with van der Waals surface area (Å²) in [4.78, 5) is 33.9. The van der Waals surface area contributed by atoms with Gasteiger partial charge in [0.15, 0.2) is 0 Å². The van der Waals surface area contributed by atoms with E-state index in [4.69, 9.17) is 10.5 Å². The summed E-state index contributed by atoms with van der Waals surface area (Å²) in [6.07, 6.45) is 4.14. The Kier molecular flexibility index (Phi) is 3.99. The van der Waals surface area contributed by atoms with Gasteiger partial charge in [-0.3, -0.25) is 14.6 Å². The number of primary amides is 1. The SMILES string of the molecule is COCC1(C(N)=O)CCCN1C(=O)c1cnc(C)cn1. The van der Waals surface area contributed by atoms with Crippen LogP contribution in [0, 0.1) is 6.92 Å². The van der Waals surface area contributed by atoms with Crippen LogP contribution in [0.4, 0.5) is 0 Å². The lowest BCUT2D eigenvalue weighted by Crippen LogP contribution is -2.58. The summed E-state index contributed by atoms with van der Waals surface area (Å²) in [6.45, 7) is 2.34. The van der Waals surface area contributed by atoms with Crippen LogP contribution in [0.1, 0.15) is 29.0 Å². The molecule has 0 aromatic carbocycles. The minimum absolute atomic E-state index is 0.0906. The molecule has 20 heavy (non-hydrogen) atoms. The number of nitrogens with two attached hydrogens (primary N) is 1. The van der Waals surface area contributed by atoms with Gasteiger partial charge in [0.25, 0.3) is 5.91 Å². The summed E-state index contributed by atoms with van der Waals surface area (Å²) in [5.74, 6) is -0.892. The van der Waals surface area contributed by atoms with Crippen molar-refractivity contribution in [3.63, 3.8) is 0 Å². The molecule has 0 spiro atoms. The van der Waals surface area contributed by atoms with Crippen LogP contribution in [-0.2, 0) is 9.53 Å². The van der Waals surface area contributed by atoms with Crippen molar-refractivity contribution in [1.29, 1.82) is 0 Å². The summed E-state index contributed by atoms with van der Waals surface area (Å²) >= 11 is 0. The normalized spacial score (nSPS) is 22.0. The number of aromatic nitrogens is 2. The van der Waals surface area contributed by atoms with E-state index >= 15 is 0 Å². The van der Waals surface area contributed by atoms with Gasteiger partial charge in [-0.15, -0.1) is 0 Å². The molecule has 2 rings (SSSR count). The predicted octanol–water partition coefficient (Wildman–Crippen LogP) is -0.108. The minimum atomic E-state index is -1.08. The third-order valence-corrected chi connectivity index (χ3v) is 3.58. The standard InChI is InChI=1S/C13H18N4O3/c1-9-6-16-10(7-15-9)11(18)17-5-3-4-13(17,8-20-2)12(14)19/h6-7H,3-5,8H2,1-2H3,(H2,14,19). The van der Waals surface area contributed by atoms with Crippen LogP contribution in [-0.4, -0.2) is 52.5 Å². The summed E-state index contributed by atoms with van der Waals surface area (Å²) < 4.78 is 5.10. The van der Waals surface area contributed by atoms with Gasteiger partial charge in [-0.25, -0.2) is 4.98 Å². The number of hydrogen-bond donors (Lipinski definition) is 1. The summed E-state index contributed by atoms with van der Waals surface area (Å²) in [5.41, 5.74) is 5.35. The largest absolute Gasteiger partial charge is 0.382 e. The molecule has 2 heterocycles. The maximum atomic E-state index is 12.5. The third kappa shape index (κ3) is 2.36. The zero-order chi connectivity index (χ0) is 14.8. The molecule has 0 aliphatic carbocycles. The van der Waals surface area contributed by atoms with Crippen molar-refractivity contribution in [3.8, 4) is 0 Å². The Hall–Kier alpha value is -2.02. The number of carbonyl (C=O) groups excluding carboxylic acids is 2. The van der Waals surface area contributed by atoms with Gasteiger partial charge in [-0.2, -0.15) is 0 Å². The van der Waals surface area contributed by atoms with E-state index in [-0.39, 0.29) is 18.2 Å². The van der Waals surface area contributed by atoms with Crippen molar-refractivity contribution in [3.05, 3.63) is 23.8 Å². The molecule has 2 N–H and O–H groups in total. The van der Waals surface area contributed by atoms with Gasteiger partial charge < -0.3 is 15.4 Å². The van der Waals surface area contributed by atoms with Crippen molar-refractivity contribution in [1.82, 2.24) is 14.9 Å². The Labute approximate surface area is 117 Å². The van der Waals surface area contributed by atoms with Crippen molar-refractivity contribution in [2.24, 2.45) is 5.73 Å². The number of carbonyl (C=O) groups is 2. The fourth-order valence-electron chi connectivity index (χ4n) is 2.53. The second-order valence-electron chi connectivity index (χ2n) is 4.93. The van der Waals surface area contributed by atoms with E-state index in [0.29, 0.717) is 19.4 Å². The fraction of sp³-hybridized carbons (Fsp3) is 0.538. The molecule has 1 unspecified atom stereocenters. The minimum Gasteiger partial charge on any atom is -0.382 e. The molecule has 108 valence electrons. The number of ether oxygens (including phenoxy) is 1. The molecule has 1 aliphatic rings. The molecule has 1 fully saturated rings. The van der Waals surface area contributed by atoms with E-state index in [1.165, 1.54) is 24.4 Å². The average molecular weight is 278 g/mol. The first-order chi connectivity index (χ1) is 9.51. The van der Waals surface area contributed by atoms with Crippen LogP contribution in [0.5, 0.6) is 0 Å². The highest BCUT2D eigenvalue weighted by Crippen LogP contribution is 2.30. The Morgan fingerprint density at radius 2 is 2.20 bits per heavy atom. The van der Waals surface area contributed by atoms with Crippen LogP contribution < -0.4 is 5.73 Å². The Morgan fingerprint density at radius 1 is 1.45 bits per heavy atom. The van der Waals surface area contributed by atoms with E-state index < -0.39 is 11.4 Å². The summed E-state index contributed by atoms with van der Waals surface area (Å²) in [7, 11) is 1.48. The Balaban J connectivity index is 2.32. The summed E-state index contributed by atoms with van der Waals surface area (Å²) in [6, 6.07) is 0. The highest BCUT2D eigenvalue weighted by Gasteiger charge is 2.49. The van der Waals surface area contributed by atoms with Gasteiger partial charge in [0.05, 0.1) is 18.5 Å². The Morgan fingerprint density at radius 3 is 2.75 bits per heavy atom. The number of rotatable bonds is 4. The van der Waals surface area contributed by atoms with Crippen LogP contribution in [0.15, 0.2) is 12.4 Å². The molecular weight excluding hydrogens is 260 g/mol. The van der Waals surface area contributed by atoms with Crippen LogP contribution in [0.25, 0.3) is 0 Å². The lowest BCUT2D eigenvalue weighted by atomic mass is 9.96. The topological polar surface area (TPSA) is 98.4 Å². The lowest BCUT2D eigenvalue weighted by Gasteiger charge is -2.34. The smallest absolute Gasteiger partial charge is 0.275 e. The van der Waals surface area contributed by atoms with E-state index in [2.05, 4.69) is 9.97 Å². The van der Waals surface area contributed by atoms with E-state index in [0.717, 1.165) is 5.69 Å². The van der Waals surface area contributed by atoms with E-state index in [1.807, 2.05) is 0 Å². The fourth-order valence-corrected chi connectivity index (χ4v) is 2.53. The first kappa shape index (κ1) is 14.4. The van der Waals surface area contributed by atoms with Gasteiger partial charge in [0.2, 0.25) is 5.91 Å². The van der Waals surface area contributed by atoms with Gasteiger partial charge in [0.1, 0.15) is 11.2 Å². The molecule has 1 atom stereocenters. The molecule has 0 radical (unpaired) electrons.